The molecule has 0 radical (unpaired) electrons. The average Bonchev–Trinajstić information content (AvgIpc) is 2.33. The molecule has 0 bridgehead atoms. The van der Waals surface area contributed by atoms with Crippen molar-refractivity contribution in [3.8, 4) is 5.75 Å². The Labute approximate surface area is 119 Å². The molecule has 1 N–H and O–H groups in total. The molecule has 1 aromatic rings. The van der Waals surface area contributed by atoms with Crippen LogP contribution in [-0.2, 0) is 0 Å². The molecule has 1 aromatic carbocycles. The summed E-state index contributed by atoms with van der Waals surface area (Å²) in [6, 6.07) is 6.22. The number of aryl methyl sites for hydroxylation is 1. The summed E-state index contributed by atoms with van der Waals surface area (Å²) in [4.78, 5) is 0. The van der Waals surface area contributed by atoms with E-state index >= 15 is 0 Å². The van der Waals surface area contributed by atoms with Gasteiger partial charge in [0, 0.05) is 6.54 Å². The molecule has 1 atom stereocenters. The number of ether oxygens (including phenoxy) is 1. The molecule has 3 heteroatoms. The van der Waals surface area contributed by atoms with E-state index in [1.54, 1.807) is 0 Å². The Bertz CT molecular complexity index is 354. The van der Waals surface area contributed by atoms with Crippen LogP contribution in [0.3, 0.4) is 0 Å². The minimum absolute atomic E-state index is 0.251. The first-order chi connectivity index (χ1) is 8.67. The molecule has 0 aromatic heterocycles. The smallest absolute Gasteiger partial charge is 0.133 e. The molecular formula is C15H24BrNO. The standard InChI is InChI=1S/C15H24BrNO/c1-4-6-13(11-17-9-5-2)18-15-8-7-12(3)10-14(15)16/h7-8,10,13,17H,4-6,9,11H2,1-3H3. The van der Waals surface area contributed by atoms with Crippen LogP contribution in [0, 0.1) is 6.92 Å². The first-order valence-corrected chi connectivity index (χ1v) is 7.60. The highest BCUT2D eigenvalue weighted by molar-refractivity contribution is 9.10. The summed E-state index contributed by atoms with van der Waals surface area (Å²) in [7, 11) is 0. The van der Waals surface area contributed by atoms with Gasteiger partial charge in [-0.05, 0) is 59.9 Å². The van der Waals surface area contributed by atoms with E-state index in [0.29, 0.717) is 0 Å². The Morgan fingerprint density at radius 1 is 1.28 bits per heavy atom. The van der Waals surface area contributed by atoms with Gasteiger partial charge in [0.25, 0.3) is 0 Å². The molecule has 0 aliphatic rings. The van der Waals surface area contributed by atoms with Crippen LogP contribution < -0.4 is 10.1 Å². The molecule has 1 unspecified atom stereocenters. The van der Waals surface area contributed by atoms with Gasteiger partial charge >= 0.3 is 0 Å². The van der Waals surface area contributed by atoms with E-state index in [1.807, 2.05) is 6.07 Å². The maximum absolute atomic E-state index is 6.08. The molecule has 0 aliphatic carbocycles. The lowest BCUT2D eigenvalue weighted by atomic mass is 10.2. The van der Waals surface area contributed by atoms with Crippen LogP contribution in [0.25, 0.3) is 0 Å². The molecule has 0 heterocycles. The number of nitrogens with one attached hydrogen (secondary N) is 1. The maximum atomic E-state index is 6.08. The van der Waals surface area contributed by atoms with Crippen molar-refractivity contribution in [3.63, 3.8) is 0 Å². The van der Waals surface area contributed by atoms with Crippen LogP contribution >= 0.6 is 15.9 Å². The predicted octanol–water partition coefficient (Wildman–Crippen LogP) is 4.30. The molecular weight excluding hydrogens is 290 g/mol. The molecule has 18 heavy (non-hydrogen) atoms. The van der Waals surface area contributed by atoms with Crippen molar-refractivity contribution in [3.05, 3.63) is 28.2 Å². The molecule has 0 amide bonds. The van der Waals surface area contributed by atoms with Crippen LogP contribution in [0.1, 0.15) is 38.7 Å². The average molecular weight is 314 g/mol. The van der Waals surface area contributed by atoms with Crippen LogP contribution in [0.2, 0.25) is 0 Å². The Morgan fingerprint density at radius 3 is 2.67 bits per heavy atom. The number of rotatable bonds is 8. The maximum Gasteiger partial charge on any atom is 0.133 e. The molecule has 0 saturated heterocycles. The van der Waals surface area contributed by atoms with Crippen LogP contribution in [0.15, 0.2) is 22.7 Å². The van der Waals surface area contributed by atoms with E-state index in [1.165, 1.54) is 5.56 Å². The van der Waals surface area contributed by atoms with Crippen LogP contribution in [0.5, 0.6) is 5.75 Å². The highest BCUT2D eigenvalue weighted by Gasteiger charge is 2.11. The molecule has 1 rings (SSSR count). The zero-order chi connectivity index (χ0) is 13.4. The molecule has 0 fully saturated rings. The molecule has 102 valence electrons. The fraction of sp³-hybridized carbons (Fsp3) is 0.600. The SMILES string of the molecule is CCCNCC(CCC)Oc1ccc(C)cc1Br. The first kappa shape index (κ1) is 15.5. The Balaban J connectivity index is 2.58. The fourth-order valence-electron chi connectivity index (χ4n) is 1.85. The van der Waals surface area contributed by atoms with Crippen molar-refractivity contribution in [1.29, 1.82) is 0 Å². The lowest BCUT2D eigenvalue weighted by Crippen LogP contribution is -2.31. The Kier molecular flexibility index (Phi) is 7.36. The van der Waals surface area contributed by atoms with Crippen molar-refractivity contribution >= 4 is 15.9 Å². The second-order valence-electron chi connectivity index (χ2n) is 4.67. The van der Waals surface area contributed by atoms with Gasteiger partial charge in [0.1, 0.15) is 11.9 Å². The van der Waals surface area contributed by atoms with Crippen molar-refractivity contribution in [2.75, 3.05) is 13.1 Å². The van der Waals surface area contributed by atoms with Gasteiger partial charge in [-0.2, -0.15) is 0 Å². The molecule has 0 saturated carbocycles. The third kappa shape index (κ3) is 5.40. The molecule has 2 nitrogen and oxygen atoms in total. The third-order valence-electron chi connectivity index (χ3n) is 2.79. The first-order valence-electron chi connectivity index (χ1n) is 6.80. The fourth-order valence-corrected chi connectivity index (χ4v) is 2.43. The summed E-state index contributed by atoms with van der Waals surface area (Å²) in [5.74, 6) is 0.942. The quantitative estimate of drug-likeness (QED) is 0.722. The van der Waals surface area contributed by atoms with E-state index in [2.05, 4.69) is 54.2 Å². The van der Waals surface area contributed by atoms with Gasteiger partial charge in [-0.1, -0.05) is 26.3 Å². The summed E-state index contributed by atoms with van der Waals surface area (Å²) >= 11 is 3.56. The van der Waals surface area contributed by atoms with Gasteiger partial charge in [-0.15, -0.1) is 0 Å². The van der Waals surface area contributed by atoms with Crippen molar-refractivity contribution in [1.82, 2.24) is 5.32 Å². The largest absolute Gasteiger partial charge is 0.488 e. The number of halogens is 1. The molecule has 0 spiro atoms. The van der Waals surface area contributed by atoms with E-state index in [0.717, 1.165) is 42.6 Å². The lowest BCUT2D eigenvalue weighted by molar-refractivity contribution is 0.185. The van der Waals surface area contributed by atoms with Gasteiger partial charge in [0.2, 0.25) is 0 Å². The van der Waals surface area contributed by atoms with Gasteiger partial charge in [-0.3, -0.25) is 0 Å². The number of hydrogen-bond acceptors (Lipinski definition) is 2. The minimum atomic E-state index is 0.251. The second-order valence-corrected chi connectivity index (χ2v) is 5.52. The van der Waals surface area contributed by atoms with E-state index < -0.39 is 0 Å². The Morgan fingerprint density at radius 2 is 2.06 bits per heavy atom. The number of benzene rings is 1. The molecule has 0 aliphatic heterocycles. The zero-order valence-electron chi connectivity index (χ0n) is 11.6. The summed E-state index contributed by atoms with van der Waals surface area (Å²) in [5.41, 5.74) is 1.24. The van der Waals surface area contributed by atoms with Crippen LogP contribution in [0.4, 0.5) is 0 Å². The van der Waals surface area contributed by atoms with Crippen LogP contribution in [-0.4, -0.2) is 19.2 Å². The van der Waals surface area contributed by atoms with Gasteiger partial charge in [-0.25, -0.2) is 0 Å². The zero-order valence-corrected chi connectivity index (χ0v) is 13.2. The third-order valence-corrected chi connectivity index (χ3v) is 3.41. The number of hydrogen-bond donors (Lipinski definition) is 1. The van der Waals surface area contributed by atoms with Crippen molar-refractivity contribution in [2.24, 2.45) is 0 Å². The van der Waals surface area contributed by atoms with Crippen molar-refractivity contribution in [2.45, 2.75) is 46.1 Å². The summed E-state index contributed by atoms with van der Waals surface area (Å²) < 4.78 is 7.12. The monoisotopic (exact) mass is 313 g/mol. The second kappa shape index (κ2) is 8.54. The minimum Gasteiger partial charge on any atom is -0.488 e. The van der Waals surface area contributed by atoms with E-state index in [9.17, 15) is 0 Å². The topological polar surface area (TPSA) is 21.3 Å². The van der Waals surface area contributed by atoms with Crippen molar-refractivity contribution < 1.29 is 4.74 Å². The van der Waals surface area contributed by atoms with Gasteiger partial charge in [0.15, 0.2) is 0 Å². The highest BCUT2D eigenvalue weighted by Crippen LogP contribution is 2.27. The normalized spacial score (nSPS) is 12.4. The summed E-state index contributed by atoms with van der Waals surface area (Å²) in [6.07, 6.45) is 3.63. The highest BCUT2D eigenvalue weighted by atomic mass is 79.9. The lowest BCUT2D eigenvalue weighted by Gasteiger charge is -2.20. The van der Waals surface area contributed by atoms with E-state index in [-0.39, 0.29) is 6.10 Å². The summed E-state index contributed by atoms with van der Waals surface area (Å²) in [6.45, 7) is 8.43. The predicted molar refractivity (Wildman–Crippen MR) is 81.4 cm³/mol. The van der Waals surface area contributed by atoms with Gasteiger partial charge in [0.05, 0.1) is 4.47 Å². The summed E-state index contributed by atoms with van der Waals surface area (Å²) in [5, 5.41) is 3.43. The Hall–Kier alpha value is -0.540. The van der Waals surface area contributed by atoms with Gasteiger partial charge < -0.3 is 10.1 Å². The van der Waals surface area contributed by atoms with E-state index in [4.69, 9.17) is 4.74 Å².